The molecule has 0 spiro atoms. The summed E-state index contributed by atoms with van der Waals surface area (Å²) < 4.78 is 28.2. The predicted molar refractivity (Wildman–Crippen MR) is 79.4 cm³/mol. The molecule has 1 unspecified atom stereocenters. The molecule has 5 nitrogen and oxygen atoms in total. The van der Waals surface area contributed by atoms with Crippen LogP contribution in [0.2, 0.25) is 0 Å². The number of imidazole rings is 1. The Morgan fingerprint density at radius 1 is 1.50 bits per heavy atom. The summed E-state index contributed by atoms with van der Waals surface area (Å²) in [5.41, 5.74) is 0.416. The van der Waals surface area contributed by atoms with Crippen LogP contribution in [-0.2, 0) is 18.4 Å². The van der Waals surface area contributed by atoms with Gasteiger partial charge in [-0.15, -0.1) is 0 Å². The van der Waals surface area contributed by atoms with Crippen molar-refractivity contribution in [1.82, 2.24) is 9.55 Å². The van der Waals surface area contributed by atoms with Gasteiger partial charge in [-0.3, -0.25) is 4.79 Å². The fourth-order valence-electron chi connectivity index (χ4n) is 1.72. The number of aliphatic hydroxyl groups is 1. The summed E-state index contributed by atoms with van der Waals surface area (Å²) in [7, 11) is 1.72. The number of thioether (sulfide) groups is 1. The van der Waals surface area contributed by atoms with Crippen LogP contribution in [0.25, 0.3) is 0 Å². The van der Waals surface area contributed by atoms with Crippen LogP contribution in [0.3, 0.4) is 0 Å². The molecular formula is C14H15F2N3O2S. The SMILES string of the molecule is CC(Sc1ncc(CO)n1C)C(=O)Nc1cc(F)ccc1F. The second kappa shape index (κ2) is 6.89. The summed E-state index contributed by atoms with van der Waals surface area (Å²) in [4.78, 5) is 16.2. The minimum Gasteiger partial charge on any atom is -0.390 e. The molecule has 0 radical (unpaired) electrons. The Bertz CT molecular complexity index is 691. The maximum atomic E-state index is 13.5. The van der Waals surface area contributed by atoms with E-state index in [2.05, 4.69) is 10.3 Å². The number of aliphatic hydroxyl groups excluding tert-OH is 1. The van der Waals surface area contributed by atoms with E-state index in [4.69, 9.17) is 5.11 Å². The van der Waals surface area contributed by atoms with Crippen molar-refractivity contribution in [3.8, 4) is 0 Å². The van der Waals surface area contributed by atoms with Crippen LogP contribution in [-0.4, -0.2) is 25.8 Å². The van der Waals surface area contributed by atoms with Gasteiger partial charge in [0.25, 0.3) is 0 Å². The first-order valence-corrected chi connectivity index (χ1v) is 7.34. The molecule has 0 aliphatic carbocycles. The van der Waals surface area contributed by atoms with E-state index < -0.39 is 22.8 Å². The van der Waals surface area contributed by atoms with E-state index in [1.54, 1.807) is 18.5 Å². The van der Waals surface area contributed by atoms with Crippen LogP contribution < -0.4 is 5.32 Å². The van der Waals surface area contributed by atoms with Gasteiger partial charge in [0.2, 0.25) is 5.91 Å². The van der Waals surface area contributed by atoms with Crippen molar-refractivity contribution in [3.63, 3.8) is 0 Å². The molecule has 8 heteroatoms. The summed E-state index contributed by atoms with van der Waals surface area (Å²) in [6, 6.07) is 2.86. The van der Waals surface area contributed by atoms with Crippen LogP contribution in [0.1, 0.15) is 12.6 Å². The van der Waals surface area contributed by atoms with E-state index in [0.29, 0.717) is 10.9 Å². The first-order chi connectivity index (χ1) is 10.4. The van der Waals surface area contributed by atoms with Crippen LogP contribution in [0.4, 0.5) is 14.5 Å². The number of hydrogen-bond donors (Lipinski definition) is 2. The summed E-state index contributed by atoms with van der Waals surface area (Å²) >= 11 is 1.16. The Morgan fingerprint density at radius 2 is 2.23 bits per heavy atom. The number of nitrogens with zero attached hydrogens (tertiary/aromatic N) is 2. The maximum absolute atomic E-state index is 13.5. The Kier molecular flexibility index (Phi) is 5.15. The van der Waals surface area contributed by atoms with Crippen LogP contribution in [0.15, 0.2) is 29.6 Å². The van der Waals surface area contributed by atoms with E-state index in [1.165, 1.54) is 6.20 Å². The highest BCUT2D eigenvalue weighted by atomic mass is 32.2. The van der Waals surface area contributed by atoms with Crippen LogP contribution in [0.5, 0.6) is 0 Å². The number of carbonyl (C=O) groups is 1. The molecule has 0 bridgehead atoms. The smallest absolute Gasteiger partial charge is 0.237 e. The van der Waals surface area contributed by atoms with Gasteiger partial charge in [-0.25, -0.2) is 13.8 Å². The third-order valence-corrected chi connectivity index (χ3v) is 4.20. The molecule has 0 aliphatic heterocycles. The van der Waals surface area contributed by atoms with Gasteiger partial charge in [0.05, 0.1) is 29.4 Å². The van der Waals surface area contributed by atoms with Crippen molar-refractivity contribution in [3.05, 3.63) is 41.7 Å². The molecule has 2 aromatic rings. The van der Waals surface area contributed by atoms with Crippen molar-refractivity contribution in [2.45, 2.75) is 23.9 Å². The largest absolute Gasteiger partial charge is 0.390 e. The fourth-order valence-corrected chi connectivity index (χ4v) is 2.59. The molecule has 22 heavy (non-hydrogen) atoms. The number of hydrogen-bond acceptors (Lipinski definition) is 4. The fraction of sp³-hybridized carbons (Fsp3) is 0.286. The molecule has 1 amide bonds. The monoisotopic (exact) mass is 327 g/mol. The van der Waals surface area contributed by atoms with Crippen LogP contribution >= 0.6 is 11.8 Å². The van der Waals surface area contributed by atoms with Gasteiger partial charge in [-0.1, -0.05) is 11.8 Å². The molecule has 0 aliphatic rings. The summed E-state index contributed by atoms with van der Waals surface area (Å²) in [6.45, 7) is 1.48. The topological polar surface area (TPSA) is 67.2 Å². The Morgan fingerprint density at radius 3 is 2.86 bits per heavy atom. The molecule has 0 saturated heterocycles. The van der Waals surface area contributed by atoms with E-state index in [9.17, 15) is 13.6 Å². The Hall–Kier alpha value is -1.93. The molecular weight excluding hydrogens is 312 g/mol. The lowest BCUT2D eigenvalue weighted by atomic mass is 10.3. The van der Waals surface area contributed by atoms with Crippen molar-refractivity contribution in [2.75, 3.05) is 5.32 Å². The average Bonchev–Trinajstić information content (AvgIpc) is 2.83. The number of anilines is 1. The van der Waals surface area contributed by atoms with Crippen molar-refractivity contribution < 1.29 is 18.7 Å². The normalized spacial score (nSPS) is 12.2. The Labute approximate surface area is 130 Å². The minimum absolute atomic E-state index is 0.154. The lowest BCUT2D eigenvalue weighted by Gasteiger charge is -2.12. The second-order valence-corrected chi connectivity index (χ2v) is 5.93. The van der Waals surface area contributed by atoms with Gasteiger partial charge in [-0.05, 0) is 19.1 Å². The van der Waals surface area contributed by atoms with Crippen molar-refractivity contribution >= 4 is 23.4 Å². The zero-order valence-corrected chi connectivity index (χ0v) is 12.8. The molecule has 1 aromatic carbocycles. The number of nitrogens with one attached hydrogen (secondary N) is 1. The summed E-state index contributed by atoms with van der Waals surface area (Å²) in [5, 5.41) is 11.4. The molecule has 1 heterocycles. The molecule has 0 fully saturated rings. The van der Waals surface area contributed by atoms with Gasteiger partial charge in [0, 0.05) is 13.1 Å². The van der Waals surface area contributed by atoms with Gasteiger partial charge < -0.3 is 15.0 Å². The van der Waals surface area contributed by atoms with Crippen LogP contribution in [0, 0.1) is 11.6 Å². The van der Waals surface area contributed by atoms with E-state index >= 15 is 0 Å². The number of benzene rings is 1. The number of aromatic nitrogens is 2. The minimum atomic E-state index is -0.702. The molecule has 1 aromatic heterocycles. The van der Waals surface area contributed by atoms with Crippen molar-refractivity contribution in [1.29, 1.82) is 0 Å². The number of carbonyl (C=O) groups excluding carboxylic acids is 1. The molecule has 118 valence electrons. The standard InChI is InChI=1S/C14H15F2N3O2S/c1-8(22-14-17-6-10(7-20)19(14)2)13(21)18-12-5-9(15)3-4-11(12)16/h3-6,8,20H,7H2,1-2H3,(H,18,21). The second-order valence-electron chi connectivity index (χ2n) is 4.62. The number of halogens is 2. The number of amides is 1. The lowest BCUT2D eigenvalue weighted by molar-refractivity contribution is -0.115. The highest BCUT2D eigenvalue weighted by Crippen LogP contribution is 2.24. The van der Waals surface area contributed by atoms with Gasteiger partial charge in [0.1, 0.15) is 11.6 Å². The highest BCUT2D eigenvalue weighted by molar-refractivity contribution is 8.00. The zero-order chi connectivity index (χ0) is 16.3. The first kappa shape index (κ1) is 16.4. The molecule has 0 saturated carbocycles. The average molecular weight is 327 g/mol. The van der Waals surface area contributed by atoms with Gasteiger partial charge in [0.15, 0.2) is 5.16 Å². The van der Waals surface area contributed by atoms with Gasteiger partial charge >= 0.3 is 0 Å². The molecule has 2 N–H and O–H groups in total. The third-order valence-electron chi connectivity index (χ3n) is 3.04. The first-order valence-electron chi connectivity index (χ1n) is 6.46. The predicted octanol–water partition coefficient (Wildman–Crippen LogP) is 2.31. The van der Waals surface area contributed by atoms with E-state index in [0.717, 1.165) is 30.0 Å². The van der Waals surface area contributed by atoms with E-state index in [-0.39, 0.29) is 12.3 Å². The van der Waals surface area contributed by atoms with E-state index in [1.807, 2.05) is 0 Å². The molecule has 1 atom stereocenters. The highest BCUT2D eigenvalue weighted by Gasteiger charge is 2.19. The Balaban J connectivity index is 2.06. The molecule has 2 rings (SSSR count). The number of rotatable bonds is 5. The van der Waals surface area contributed by atoms with Crippen molar-refractivity contribution in [2.24, 2.45) is 7.05 Å². The lowest BCUT2D eigenvalue weighted by Crippen LogP contribution is -2.23. The summed E-state index contributed by atoms with van der Waals surface area (Å²) in [5.74, 6) is -1.80. The summed E-state index contributed by atoms with van der Waals surface area (Å²) in [6.07, 6.45) is 1.51. The maximum Gasteiger partial charge on any atom is 0.237 e. The zero-order valence-electron chi connectivity index (χ0n) is 12.0. The quantitative estimate of drug-likeness (QED) is 0.827. The third kappa shape index (κ3) is 3.63. The van der Waals surface area contributed by atoms with Gasteiger partial charge in [-0.2, -0.15) is 0 Å².